The molecule has 0 saturated heterocycles. The predicted molar refractivity (Wildman–Crippen MR) is 50.9 cm³/mol. The Kier molecular flexibility index (Phi) is 6.42. The maximum Gasteiger partial charge on any atom is 0.230 e. The Morgan fingerprint density at radius 2 is 2.27 bits per heavy atom. The molecule has 1 unspecified atom stereocenters. The molecule has 66 valence electrons. The summed E-state index contributed by atoms with van der Waals surface area (Å²) in [5, 5.41) is 2.92. The van der Waals surface area contributed by atoms with Gasteiger partial charge in [-0.3, -0.25) is 4.79 Å². The summed E-state index contributed by atoms with van der Waals surface area (Å²) in [5.41, 5.74) is 0. The molecule has 0 rings (SSSR count). The number of nitrogens with one attached hydrogen (secondary N) is 1. The molecule has 0 aliphatic rings. The summed E-state index contributed by atoms with van der Waals surface area (Å²) in [5.74, 6) is 0.729. The monoisotopic (exact) mass is 175 g/mol. The van der Waals surface area contributed by atoms with E-state index in [0.29, 0.717) is 11.8 Å². The second kappa shape index (κ2) is 6.53. The number of hydrogen-bond acceptors (Lipinski definition) is 2. The van der Waals surface area contributed by atoms with Gasteiger partial charge >= 0.3 is 0 Å². The summed E-state index contributed by atoms with van der Waals surface area (Å²) < 4.78 is 0. The van der Waals surface area contributed by atoms with Gasteiger partial charge in [0.05, 0.1) is 5.75 Å². The van der Waals surface area contributed by atoms with Crippen LogP contribution in [0.1, 0.15) is 26.7 Å². The van der Waals surface area contributed by atoms with Gasteiger partial charge in [0.1, 0.15) is 0 Å². The van der Waals surface area contributed by atoms with Crippen LogP contribution >= 0.6 is 11.8 Å². The van der Waals surface area contributed by atoms with E-state index in [9.17, 15) is 4.79 Å². The highest BCUT2D eigenvalue weighted by atomic mass is 32.2. The van der Waals surface area contributed by atoms with E-state index >= 15 is 0 Å². The summed E-state index contributed by atoms with van der Waals surface area (Å²) in [6.07, 6.45) is 4.13. The Morgan fingerprint density at radius 1 is 1.64 bits per heavy atom. The standard InChI is InChI=1S/C8H17NOS/c1-4-5-7(2)9-8(10)6-11-3/h7H,4-6H2,1-3H3,(H,9,10). The van der Waals surface area contributed by atoms with Gasteiger partial charge in [-0.1, -0.05) is 13.3 Å². The molecule has 1 amide bonds. The lowest BCUT2D eigenvalue weighted by atomic mass is 10.2. The SMILES string of the molecule is CCCC(C)NC(=O)CSC. The van der Waals surface area contributed by atoms with Crippen LogP contribution in [-0.2, 0) is 4.79 Å². The molecule has 0 saturated carbocycles. The number of carbonyl (C=O) groups is 1. The van der Waals surface area contributed by atoms with Gasteiger partial charge in [0.2, 0.25) is 5.91 Å². The molecule has 0 aromatic heterocycles. The minimum Gasteiger partial charge on any atom is -0.353 e. The molecule has 0 aliphatic carbocycles. The van der Waals surface area contributed by atoms with E-state index in [4.69, 9.17) is 0 Å². The summed E-state index contributed by atoms with van der Waals surface area (Å²) in [7, 11) is 0. The third-order valence-electron chi connectivity index (χ3n) is 1.40. The second-order valence-corrected chi connectivity index (χ2v) is 3.56. The van der Waals surface area contributed by atoms with Gasteiger partial charge in [-0.15, -0.1) is 0 Å². The third kappa shape index (κ3) is 6.23. The fraction of sp³-hybridized carbons (Fsp3) is 0.875. The van der Waals surface area contributed by atoms with Crippen molar-refractivity contribution in [3.8, 4) is 0 Å². The zero-order valence-electron chi connectivity index (χ0n) is 7.52. The summed E-state index contributed by atoms with van der Waals surface area (Å²) in [6.45, 7) is 4.17. The van der Waals surface area contributed by atoms with Crippen molar-refractivity contribution in [2.75, 3.05) is 12.0 Å². The summed E-state index contributed by atoms with van der Waals surface area (Å²) in [4.78, 5) is 11.0. The van der Waals surface area contributed by atoms with Crippen LogP contribution in [0, 0.1) is 0 Å². The highest BCUT2D eigenvalue weighted by Crippen LogP contribution is 1.96. The van der Waals surface area contributed by atoms with Crippen LogP contribution in [0.4, 0.5) is 0 Å². The summed E-state index contributed by atoms with van der Waals surface area (Å²) >= 11 is 1.56. The van der Waals surface area contributed by atoms with Crippen LogP contribution in [0.3, 0.4) is 0 Å². The van der Waals surface area contributed by atoms with Crippen molar-refractivity contribution in [3.63, 3.8) is 0 Å². The van der Waals surface area contributed by atoms with Crippen molar-refractivity contribution < 1.29 is 4.79 Å². The Hall–Kier alpha value is -0.180. The van der Waals surface area contributed by atoms with Crippen molar-refractivity contribution in [1.82, 2.24) is 5.32 Å². The molecule has 0 heterocycles. The maximum atomic E-state index is 11.0. The lowest BCUT2D eigenvalue weighted by Gasteiger charge is -2.11. The molecule has 0 aromatic rings. The Labute approximate surface area is 73.1 Å². The van der Waals surface area contributed by atoms with Crippen LogP contribution in [0.5, 0.6) is 0 Å². The Morgan fingerprint density at radius 3 is 2.73 bits per heavy atom. The van der Waals surface area contributed by atoms with Crippen molar-refractivity contribution in [3.05, 3.63) is 0 Å². The molecule has 11 heavy (non-hydrogen) atoms. The van der Waals surface area contributed by atoms with Gasteiger partial charge in [0.15, 0.2) is 0 Å². The minimum absolute atomic E-state index is 0.151. The van der Waals surface area contributed by atoms with Gasteiger partial charge in [0, 0.05) is 6.04 Å². The molecular formula is C8H17NOS. The molecule has 3 heteroatoms. The van der Waals surface area contributed by atoms with Crippen LogP contribution in [0.25, 0.3) is 0 Å². The Balaban J connectivity index is 3.40. The smallest absolute Gasteiger partial charge is 0.230 e. The molecule has 0 fully saturated rings. The van der Waals surface area contributed by atoms with E-state index in [1.165, 1.54) is 0 Å². The first-order chi connectivity index (χ1) is 5.20. The quantitative estimate of drug-likeness (QED) is 0.688. The van der Waals surface area contributed by atoms with E-state index in [1.807, 2.05) is 13.2 Å². The van der Waals surface area contributed by atoms with Crippen molar-refractivity contribution in [2.24, 2.45) is 0 Å². The zero-order chi connectivity index (χ0) is 8.69. The van der Waals surface area contributed by atoms with Gasteiger partial charge in [-0.2, -0.15) is 11.8 Å². The number of rotatable bonds is 5. The van der Waals surface area contributed by atoms with E-state index < -0.39 is 0 Å². The van der Waals surface area contributed by atoms with Gasteiger partial charge in [0.25, 0.3) is 0 Å². The third-order valence-corrected chi connectivity index (χ3v) is 1.96. The van der Waals surface area contributed by atoms with Crippen LogP contribution < -0.4 is 5.32 Å². The van der Waals surface area contributed by atoms with E-state index in [-0.39, 0.29) is 5.91 Å². The summed E-state index contributed by atoms with van der Waals surface area (Å²) in [6, 6.07) is 0.333. The molecule has 1 atom stereocenters. The highest BCUT2D eigenvalue weighted by Gasteiger charge is 2.04. The van der Waals surface area contributed by atoms with Crippen molar-refractivity contribution in [2.45, 2.75) is 32.7 Å². The molecular weight excluding hydrogens is 158 g/mol. The molecule has 0 spiro atoms. The lowest BCUT2D eigenvalue weighted by Crippen LogP contribution is -2.33. The Bertz CT molecular complexity index is 117. The predicted octanol–water partition coefficient (Wildman–Crippen LogP) is 1.65. The number of amides is 1. The van der Waals surface area contributed by atoms with Crippen molar-refractivity contribution >= 4 is 17.7 Å². The van der Waals surface area contributed by atoms with E-state index in [0.717, 1.165) is 12.8 Å². The molecule has 0 bridgehead atoms. The lowest BCUT2D eigenvalue weighted by molar-refractivity contribution is -0.119. The molecule has 0 radical (unpaired) electrons. The normalized spacial score (nSPS) is 12.6. The van der Waals surface area contributed by atoms with Crippen LogP contribution in [0.2, 0.25) is 0 Å². The maximum absolute atomic E-state index is 11.0. The van der Waals surface area contributed by atoms with Crippen LogP contribution in [-0.4, -0.2) is 24.0 Å². The second-order valence-electron chi connectivity index (χ2n) is 2.69. The first-order valence-corrected chi connectivity index (χ1v) is 5.38. The fourth-order valence-corrected chi connectivity index (χ4v) is 1.30. The number of hydrogen-bond donors (Lipinski definition) is 1. The first kappa shape index (κ1) is 10.8. The first-order valence-electron chi connectivity index (χ1n) is 3.99. The minimum atomic E-state index is 0.151. The van der Waals surface area contributed by atoms with E-state index in [1.54, 1.807) is 11.8 Å². The fourth-order valence-electron chi connectivity index (χ4n) is 0.953. The van der Waals surface area contributed by atoms with Gasteiger partial charge in [-0.05, 0) is 19.6 Å². The topological polar surface area (TPSA) is 29.1 Å². The zero-order valence-corrected chi connectivity index (χ0v) is 8.33. The average Bonchev–Trinajstić information content (AvgIpc) is 1.87. The number of carbonyl (C=O) groups excluding carboxylic acids is 1. The van der Waals surface area contributed by atoms with Gasteiger partial charge < -0.3 is 5.32 Å². The van der Waals surface area contributed by atoms with Gasteiger partial charge in [-0.25, -0.2) is 0 Å². The molecule has 0 aliphatic heterocycles. The van der Waals surface area contributed by atoms with Crippen LogP contribution in [0.15, 0.2) is 0 Å². The largest absolute Gasteiger partial charge is 0.353 e. The molecule has 1 N–H and O–H groups in total. The highest BCUT2D eigenvalue weighted by molar-refractivity contribution is 7.99. The average molecular weight is 175 g/mol. The molecule has 2 nitrogen and oxygen atoms in total. The molecule has 0 aromatic carbocycles. The van der Waals surface area contributed by atoms with E-state index in [2.05, 4.69) is 12.2 Å². The number of thioether (sulfide) groups is 1. The van der Waals surface area contributed by atoms with Crippen molar-refractivity contribution in [1.29, 1.82) is 0 Å².